The number of carboxylic acids is 1. The van der Waals surface area contributed by atoms with Crippen LogP contribution in [0.5, 0.6) is 0 Å². The van der Waals surface area contributed by atoms with Gasteiger partial charge >= 0.3 is 5.97 Å². The summed E-state index contributed by atoms with van der Waals surface area (Å²) in [5.41, 5.74) is 3.61. The molecule has 0 amide bonds. The third-order valence-electron chi connectivity index (χ3n) is 4.20. The van der Waals surface area contributed by atoms with Crippen LogP contribution in [-0.2, 0) is 0 Å². The predicted octanol–water partition coefficient (Wildman–Crippen LogP) is 5.53. The van der Waals surface area contributed by atoms with Crippen molar-refractivity contribution in [3.63, 3.8) is 0 Å². The normalized spacial score (nSPS) is 11.4. The van der Waals surface area contributed by atoms with Gasteiger partial charge in [-0.1, -0.05) is 58.0 Å². The van der Waals surface area contributed by atoms with Crippen LogP contribution in [0.4, 0.5) is 0 Å². The number of ketones is 1. The van der Waals surface area contributed by atoms with E-state index in [1.165, 1.54) is 12.1 Å². The molecule has 1 N–H and O–H groups in total. The fraction of sp³-hybridized carbons (Fsp3) is 0.273. The second-order valence-corrected chi connectivity index (χ2v) is 6.79. The molecular formula is C22H24O3. The zero-order valence-corrected chi connectivity index (χ0v) is 15.1. The highest BCUT2D eigenvalue weighted by Crippen LogP contribution is 2.24. The summed E-state index contributed by atoms with van der Waals surface area (Å²) in [5.74, 6) is -0.454. The molecule has 0 aliphatic rings. The number of hydrogen-bond donors (Lipinski definition) is 1. The topological polar surface area (TPSA) is 54.4 Å². The zero-order valence-electron chi connectivity index (χ0n) is 15.1. The SMILES string of the molecule is CC(C)c1cc(C(=O)C=Cc2ccccc2C(=O)O)cc(C(C)C)c1. The Labute approximate surface area is 149 Å². The van der Waals surface area contributed by atoms with Crippen molar-refractivity contribution >= 4 is 17.8 Å². The first-order valence-electron chi connectivity index (χ1n) is 8.49. The Balaban J connectivity index is 2.37. The largest absolute Gasteiger partial charge is 0.478 e. The Morgan fingerprint density at radius 2 is 1.48 bits per heavy atom. The summed E-state index contributed by atoms with van der Waals surface area (Å²) in [4.78, 5) is 23.9. The van der Waals surface area contributed by atoms with Crippen molar-refractivity contribution in [2.45, 2.75) is 39.5 Å². The molecule has 0 spiro atoms. The van der Waals surface area contributed by atoms with E-state index in [4.69, 9.17) is 0 Å². The van der Waals surface area contributed by atoms with Crippen LogP contribution in [0.25, 0.3) is 6.08 Å². The van der Waals surface area contributed by atoms with Gasteiger partial charge in [-0.25, -0.2) is 4.79 Å². The third kappa shape index (κ3) is 4.66. The van der Waals surface area contributed by atoms with E-state index in [1.807, 2.05) is 12.1 Å². The maximum atomic E-state index is 12.6. The van der Waals surface area contributed by atoms with Gasteiger partial charge in [-0.2, -0.15) is 0 Å². The first kappa shape index (κ1) is 18.7. The number of hydrogen-bond acceptors (Lipinski definition) is 2. The van der Waals surface area contributed by atoms with E-state index in [1.54, 1.807) is 24.3 Å². The molecule has 2 rings (SSSR count). The summed E-state index contributed by atoms with van der Waals surface area (Å²) in [5, 5.41) is 9.22. The fourth-order valence-corrected chi connectivity index (χ4v) is 2.58. The van der Waals surface area contributed by atoms with E-state index in [0.717, 1.165) is 11.1 Å². The molecular weight excluding hydrogens is 312 g/mol. The molecule has 0 heterocycles. The van der Waals surface area contributed by atoms with Crippen LogP contribution in [-0.4, -0.2) is 16.9 Å². The molecule has 0 saturated carbocycles. The highest BCUT2D eigenvalue weighted by molar-refractivity contribution is 6.07. The van der Waals surface area contributed by atoms with Gasteiger partial charge in [0.05, 0.1) is 5.56 Å². The van der Waals surface area contributed by atoms with Crippen LogP contribution in [0.2, 0.25) is 0 Å². The van der Waals surface area contributed by atoms with E-state index in [-0.39, 0.29) is 11.3 Å². The monoisotopic (exact) mass is 336 g/mol. The van der Waals surface area contributed by atoms with Crippen LogP contribution < -0.4 is 0 Å². The minimum Gasteiger partial charge on any atom is -0.478 e. The van der Waals surface area contributed by atoms with Crippen LogP contribution in [0, 0.1) is 0 Å². The van der Waals surface area contributed by atoms with Gasteiger partial charge in [0.2, 0.25) is 0 Å². The van der Waals surface area contributed by atoms with Crippen molar-refractivity contribution < 1.29 is 14.7 Å². The molecule has 0 aliphatic carbocycles. The van der Waals surface area contributed by atoms with E-state index < -0.39 is 5.97 Å². The Hall–Kier alpha value is -2.68. The van der Waals surface area contributed by atoms with Crippen molar-refractivity contribution in [1.29, 1.82) is 0 Å². The highest BCUT2D eigenvalue weighted by atomic mass is 16.4. The van der Waals surface area contributed by atoms with E-state index in [0.29, 0.717) is 23.0 Å². The number of carbonyl (C=O) groups excluding carboxylic acids is 1. The average Bonchev–Trinajstić information content (AvgIpc) is 2.59. The zero-order chi connectivity index (χ0) is 18.6. The lowest BCUT2D eigenvalue weighted by molar-refractivity contribution is 0.0696. The van der Waals surface area contributed by atoms with E-state index in [2.05, 4.69) is 33.8 Å². The Bertz CT molecular complexity index is 788. The van der Waals surface area contributed by atoms with Crippen molar-refractivity contribution in [1.82, 2.24) is 0 Å². The van der Waals surface area contributed by atoms with Crippen molar-refractivity contribution in [2.24, 2.45) is 0 Å². The van der Waals surface area contributed by atoms with Crippen molar-refractivity contribution in [3.05, 3.63) is 76.4 Å². The first-order chi connectivity index (χ1) is 11.8. The van der Waals surface area contributed by atoms with Gasteiger partial charge in [-0.05, 0) is 52.8 Å². The molecule has 130 valence electrons. The Morgan fingerprint density at radius 3 is 2.00 bits per heavy atom. The lowest BCUT2D eigenvalue weighted by Gasteiger charge is -2.13. The standard InChI is InChI=1S/C22H24O3/c1-14(2)17-11-18(15(3)4)13-19(12-17)21(23)10-9-16-7-5-6-8-20(16)22(24)25/h5-15H,1-4H3,(H,24,25). The van der Waals surface area contributed by atoms with Gasteiger partial charge in [0.1, 0.15) is 0 Å². The number of carboxylic acid groups (broad SMARTS) is 1. The van der Waals surface area contributed by atoms with Gasteiger partial charge in [0.25, 0.3) is 0 Å². The summed E-state index contributed by atoms with van der Waals surface area (Å²) < 4.78 is 0. The molecule has 2 aromatic carbocycles. The van der Waals surface area contributed by atoms with E-state index >= 15 is 0 Å². The minimum absolute atomic E-state index is 0.121. The predicted molar refractivity (Wildman–Crippen MR) is 101 cm³/mol. The molecule has 0 bridgehead atoms. The molecule has 2 aromatic rings. The van der Waals surface area contributed by atoms with Crippen LogP contribution >= 0.6 is 0 Å². The Kier molecular flexibility index (Phi) is 5.92. The minimum atomic E-state index is -1.00. The number of rotatable bonds is 6. The molecule has 0 saturated heterocycles. The molecule has 0 aromatic heterocycles. The smallest absolute Gasteiger partial charge is 0.336 e. The first-order valence-corrected chi connectivity index (χ1v) is 8.49. The average molecular weight is 336 g/mol. The third-order valence-corrected chi connectivity index (χ3v) is 4.20. The van der Waals surface area contributed by atoms with E-state index in [9.17, 15) is 14.7 Å². The molecule has 0 radical (unpaired) electrons. The number of benzene rings is 2. The molecule has 0 unspecified atom stereocenters. The number of carbonyl (C=O) groups is 2. The molecule has 0 aliphatic heterocycles. The van der Waals surface area contributed by atoms with Crippen LogP contribution in [0.15, 0.2) is 48.5 Å². The highest BCUT2D eigenvalue weighted by Gasteiger charge is 2.11. The van der Waals surface area contributed by atoms with Crippen molar-refractivity contribution in [2.75, 3.05) is 0 Å². The number of aromatic carboxylic acids is 1. The lowest BCUT2D eigenvalue weighted by atomic mass is 9.92. The van der Waals surface area contributed by atoms with Gasteiger partial charge in [0, 0.05) is 5.56 Å². The number of allylic oxidation sites excluding steroid dienone is 1. The van der Waals surface area contributed by atoms with Gasteiger partial charge in [-0.3, -0.25) is 4.79 Å². The molecule has 0 atom stereocenters. The summed E-state index contributed by atoms with van der Waals surface area (Å²) >= 11 is 0. The summed E-state index contributed by atoms with van der Waals surface area (Å²) in [6.07, 6.45) is 3.02. The lowest BCUT2D eigenvalue weighted by Crippen LogP contribution is -2.02. The molecule has 3 nitrogen and oxygen atoms in total. The summed E-state index contributed by atoms with van der Waals surface area (Å²) in [6.45, 7) is 8.42. The van der Waals surface area contributed by atoms with Gasteiger partial charge in [0.15, 0.2) is 5.78 Å². The quantitative estimate of drug-likeness (QED) is 0.557. The molecule has 25 heavy (non-hydrogen) atoms. The van der Waals surface area contributed by atoms with Crippen molar-refractivity contribution in [3.8, 4) is 0 Å². The van der Waals surface area contributed by atoms with Gasteiger partial charge < -0.3 is 5.11 Å². The molecule has 3 heteroatoms. The fourth-order valence-electron chi connectivity index (χ4n) is 2.58. The second-order valence-electron chi connectivity index (χ2n) is 6.79. The van der Waals surface area contributed by atoms with Crippen LogP contribution in [0.1, 0.15) is 76.9 Å². The Morgan fingerprint density at radius 1 is 0.920 bits per heavy atom. The molecule has 0 fully saturated rings. The van der Waals surface area contributed by atoms with Crippen LogP contribution in [0.3, 0.4) is 0 Å². The van der Waals surface area contributed by atoms with Gasteiger partial charge in [-0.15, -0.1) is 0 Å². The maximum absolute atomic E-state index is 12.6. The summed E-state index contributed by atoms with van der Waals surface area (Å²) in [7, 11) is 0. The summed E-state index contributed by atoms with van der Waals surface area (Å²) in [6, 6.07) is 12.6. The second kappa shape index (κ2) is 7.93. The maximum Gasteiger partial charge on any atom is 0.336 e.